The molecule has 1 nitrogen and oxygen atoms in total. The molecule has 0 saturated carbocycles. The molecule has 0 N–H and O–H groups in total. The van der Waals surface area contributed by atoms with E-state index in [2.05, 4.69) is 0 Å². The Bertz CT molecular complexity index is 404. The zero-order chi connectivity index (χ0) is 12.5. The number of carbonyl (C=O) groups excluding carboxylic acids is 1. The van der Waals surface area contributed by atoms with Crippen molar-refractivity contribution < 1.29 is 22.4 Å². The fourth-order valence-corrected chi connectivity index (χ4v) is 1.48. The van der Waals surface area contributed by atoms with Crippen LogP contribution in [0.1, 0.15) is 24.8 Å². The Morgan fingerprint density at radius 3 is 1.94 bits per heavy atom. The van der Waals surface area contributed by atoms with Crippen molar-refractivity contribution in [2.45, 2.75) is 19.3 Å². The van der Waals surface area contributed by atoms with Gasteiger partial charge < -0.3 is 4.79 Å². The molecule has 0 aliphatic carbocycles. The third kappa shape index (κ3) is 2.04. The summed E-state index contributed by atoms with van der Waals surface area (Å²) in [4.78, 5) is 10.2. The molecule has 0 heterocycles. The molecule has 1 aromatic carbocycles. The third-order valence-electron chi connectivity index (χ3n) is 2.19. The minimum Gasteiger partial charge on any atom is -0.303 e. The Morgan fingerprint density at radius 2 is 1.56 bits per heavy atom. The van der Waals surface area contributed by atoms with E-state index >= 15 is 0 Å². The highest BCUT2D eigenvalue weighted by Gasteiger charge is 2.27. The van der Waals surface area contributed by atoms with Crippen molar-refractivity contribution in [2.75, 3.05) is 0 Å². The molecule has 0 fully saturated rings. The maximum Gasteiger partial charge on any atom is 0.180 e. The first-order valence-electron chi connectivity index (χ1n) is 4.36. The van der Waals surface area contributed by atoms with Crippen LogP contribution in [0.2, 0.25) is 5.02 Å². The second-order valence-electron chi connectivity index (χ2n) is 3.29. The van der Waals surface area contributed by atoms with E-state index in [0.29, 0.717) is 6.29 Å². The first kappa shape index (κ1) is 13.0. The van der Waals surface area contributed by atoms with E-state index in [9.17, 15) is 22.4 Å². The number of hydrogen-bond donors (Lipinski definition) is 0. The Hall–Kier alpha value is -1.10. The van der Waals surface area contributed by atoms with Crippen LogP contribution in [0.3, 0.4) is 0 Å². The predicted molar refractivity (Wildman–Crippen MR) is 50.4 cm³/mol. The van der Waals surface area contributed by atoms with E-state index in [1.165, 1.54) is 6.92 Å². The van der Waals surface area contributed by atoms with Crippen molar-refractivity contribution in [2.24, 2.45) is 0 Å². The molecule has 6 heteroatoms. The van der Waals surface area contributed by atoms with Gasteiger partial charge in [0.15, 0.2) is 23.3 Å². The molecule has 0 spiro atoms. The topological polar surface area (TPSA) is 17.1 Å². The predicted octanol–water partition coefficient (Wildman–Crippen LogP) is 3.59. The van der Waals surface area contributed by atoms with E-state index in [1.807, 2.05) is 0 Å². The van der Waals surface area contributed by atoms with Gasteiger partial charge in [0.05, 0.1) is 0 Å². The molecule has 1 rings (SSSR count). The highest BCUT2D eigenvalue weighted by atomic mass is 35.5. The smallest absolute Gasteiger partial charge is 0.180 e. The summed E-state index contributed by atoms with van der Waals surface area (Å²) in [6, 6.07) is 0. The average Bonchev–Trinajstić information content (AvgIpc) is 2.24. The van der Waals surface area contributed by atoms with Crippen LogP contribution < -0.4 is 0 Å². The van der Waals surface area contributed by atoms with E-state index < -0.39 is 39.8 Å². The number of aldehydes is 1. The number of rotatable bonds is 3. The van der Waals surface area contributed by atoms with Crippen LogP contribution in [-0.4, -0.2) is 6.29 Å². The van der Waals surface area contributed by atoms with Gasteiger partial charge in [-0.25, -0.2) is 17.6 Å². The first-order valence-corrected chi connectivity index (χ1v) is 4.74. The summed E-state index contributed by atoms with van der Waals surface area (Å²) >= 11 is 5.04. The Kier molecular flexibility index (Phi) is 3.91. The lowest BCUT2D eigenvalue weighted by molar-refractivity contribution is -0.108. The molecule has 0 amide bonds. The van der Waals surface area contributed by atoms with Gasteiger partial charge in [0.25, 0.3) is 0 Å². The monoisotopic (exact) mass is 254 g/mol. The molecule has 0 aliphatic rings. The van der Waals surface area contributed by atoms with Gasteiger partial charge in [-0.05, 0) is 5.92 Å². The van der Waals surface area contributed by atoms with Gasteiger partial charge in [-0.1, -0.05) is 18.5 Å². The zero-order valence-electron chi connectivity index (χ0n) is 8.16. The minimum absolute atomic E-state index is 0.242. The van der Waals surface area contributed by atoms with E-state index in [0.717, 1.165) is 0 Å². The fourth-order valence-electron chi connectivity index (χ4n) is 1.32. The van der Waals surface area contributed by atoms with Crippen molar-refractivity contribution in [3.05, 3.63) is 33.9 Å². The molecule has 0 bridgehead atoms. The highest BCUT2D eigenvalue weighted by molar-refractivity contribution is 6.30. The van der Waals surface area contributed by atoms with Crippen molar-refractivity contribution in [3.63, 3.8) is 0 Å². The van der Waals surface area contributed by atoms with Gasteiger partial charge in [0.2, 0.25) is 0 Å². The normalized spacial score (nSPS) is 12.6. The largest absolute Gasteiger partial charge is 0.303 e. The van der Waals surface area contributed by atoms with E-state index in [-0.39, 0.29) is 6.42 Å². The molecule has 0 radical (unpaired) electrons. The van der Waals surface area contributed by atoms with Crippen molar-refractivity contribution in [1.29, 1.82) is 0 Å². The molecule has 1 atom stereocenters. The summed E-state index contributed by atoms with van der Waals surface area (Å²) in [6.45, 7) is 1.28. The lowest BCUT2D eigenvalue weighted by Gasteiger charge is -2.13. The summed E-state index contributed by atoms with van der Waals surface area (Å²) in [5.74, 6) is -7.36. The standard InChI is InChI=1S/C10H7ClF4O/c1-4(2-3-16)5-7(12)9(14)6(11)10(15)8(5)13/h3-4H,2H2,1H3. The van der Waals surface area contributed by atoms with Gasteiger partial charge in [-0.15, -0.1) is 0 Å². The molecule has 0 aromatic heterocycles. The van der Waals surface area contributed by atoms with Crippen molar-refractivity contribution >= 4 is 17.9 Å². The number of hydrogen-bond acceptors (Lipinski definition) is 1. The molecule has 88 valence electrons. The fraction of sp³-hybridized carbons (Fsp3) is 0.300. The quantitative estimate of drug-likeness (QED) is 0.349. The van der Waals surface area contributed by atoms with Crippen LogP contribution in [0, 0.1) is 23.3 Å². The van der Waals surface area contributed by atoms with Crippen LogP contribution in [0.5, 0.6) is 0 Å². The van der Waals surface area contributed by atoms with Crippen LogP contribution >= 0.6 is 11.6 Å². The van der Waals surface area contributed by atoms with Crippen LogP contribution in [0.15, 0.2) is 0 Å². The molecule has 0 aliphatic heterocycles. The second-order valence-corrected chi connectivity index (χ2v) is 3.66. The molecule has 16 heavy (non-hydrogen) atoms. The second kappa shape index (κ2) is 4.82. The lowest BCUT2D eigenvalue weighted by Crippen LogP contribution is -2.08. The van der Waals surface area contributed by atoms with Crippen molar-refractivity contribution in [3.8, 4) is 0 Å². The molecule has 0 saturated heterocycles. The van der Waals surface area contributed by atoms with Gasteiger partial charge in [0.1, 0.15) is 11.3 Å². The van der Waals surface area contributed by atoms with Crippen LogP contribution in [0.25, 0.3) is 0 Å². The maximum absolute atomic E-state index is 13.3. The Balaban J connectivity index is 3.44. The van der Waals surface area contributed by atoms with E-state index in [1.54, 1.807) is 0 Å². The van der Waals surface area contributed by atoms with Crippen molar-refractivity contribution in [1.82, 2.24) is 0 Å². The zero-order valence-corrected chi connectivity index (χ0v) is 8.92. The minimum atomic E-state index is -1.65. The average molecular weight is 255 g/mol. The summed E-state index contributed by atoms with van der Waals surface area (Å²) < 4.78 is 52.7. The highest BCUT2D eigenvalue weighted by Crippen LogP contribution is 2.32. The third-order valence-corrected chi connectivity index (χ3v) is 2.52. The van der Waals surface area contributed by atoms with Crippen LogP contribution in [0.4, 0.5) is 17.6 Å². The molecular formula is C10H7ClF4O. The molecule has 1 aromatic rings. The summed E-state index contributed by atoms with van der Waals surface area (Å²) in [6.07, 6.45) is 0.169. The van der Waals surface area contributed by atoms with E-state index in [4.69, 9.17) is 11.6 Å². The summed E-state index contributed by atoms with van der Waals surface area (Å²) in [5, 5.41) is -1.22. The first-order chi connectivity index (χ1) is 7.41. The summed E-state index contributed by atoms with van der Waals surface area (Å²) in [7, 11) is 0. The van der Waals surface area contributed by atoms with Gasteiger partial charge >= 0.3 is 0 Å². The molecular weight excluding hydrogens is 248 g/mol. The lowest BCUT2D eigenvalue weighted by atomic mass is 9.97. The maximum atomic E-state index is 13.3. The van der Waals surface area contributed by atoms with Gasteiger partial charge in [-0.3, -0.25) is 0 Å². The molecule has 1 unspecified atom stereocenters. The Labute approximate surface area is 94.0 Å². The number of halogens is 5. The van der Waals surface area contributed by atoms with Crippen LogP contribution in [-0.2, 0) is 4.79 Å². The number of carbonyl (C=O) groups is 1. The SMILES string of the molecule is CC(CC=O)c1c(F)c(F)c(Cl)c(F)c1F. The van der Waals surface area contributed by atoms with Gasteiger partial charge in [0, 0.05) is 12.0 Å². The summed E-state index contributed by atoms with van der Waals surface area (Å²) in [5.41, 5.74) is -0.800. The van der Waals surface area contributed by atoms with Gasteiger partial charge in [-0.2, -0.15) is 0 Å². The Morgan fingerprint density at radius 1 is 1.12 bits per heavy atom. The number of benzene rings is 1.